The molecule has 0 saturated carbocycles. The molecule has 0 saturated heterocycles. The number of hydrogen-bond acceptors (Lipinski definition) is 6. The van der Waals surface area contributed by atoms with Gasteiger partial charge in [0.2, 0.25) is 5.88 Å². The average Bonchev–Trinajstić information content (AvgIpc) is 3.19. The Hall–Kier alpha value is -3.50. The van der Waals surface area contributed by atoms with E-state index in [0.29, 0.717) is 30.2 Å². The molecule has 0 aliphatic carbocycles. The molecule has 0 radical (unpaired) electrons. The summed E-state index contributed by atoms with van der Waals surface area (Å²) in [6, 6.07) is 5.00. The van der Waals surface area contributed by atoms with Crippen LogP contribution in [0.1, 0.15) is 40.8 Å². The predicted octanol–water partition coefficient (Wildman–Crippen LogP) is 3.03. The van der Waals surface area contributed by atoms with Crippen LogP contribution in [0.4, 0.5) is 13.2 Å². The van der Waals surface area contributed by atoms with Crippen LogP contribution >= 0.6 is 0 Å². The molecule has 4 heterocycles. The van der Waals surface area contributed by atoms with Gasteiger partial charge in [-0.15, -0.1) is 0 Å². The molecule has 30 heavy (non-hydrogen) atoms. The fraction of sp³-hybridized carbons (Fsp3) is 0.316. The van der Waals surface area contributed by atoms with Crippen molar-refractivity contribution in [2.75, 3.05) is 7.11 Å². The second kappa shape index (κ2) is 7.73. The Bertz CT molecular complexity index is 1080. The monoisotopic (exact) mass is 418 g/mol. The van der Waals surface area contributed by atoms with Crippen LogP contribution in [0.3, 0.4) is 0 Å². The Morgan fingerprint density at radius 2 is 2.03 bits per heavy atom. The minimum atomic E-state index is -4.56. The molecule has 11 heteroatoms. The standard InChI is InChI=1S/C19H17F3N6O2/c1-30-15-10-12(5-7-24-15)18(29)25-13-3-2-8-28-17(13)26-16(27-28)11-4-6-23-14(9-11)19(20,21)22/h4-7,9-10,13H,2-3,8H2,1H3,(H,25,29). The molecule has 0 aromatic carbocycles. The fourth-order valence-corrected chi connectivity index (χ4v) is 3.24. The van der Waals surface area contributed by atoms with Gasteiger partial charge in [-0.3, -0.25) is 9.78 Å². The van der Waals surface area contributed by atoms with E-state index in [1.54, 1.807) is 10.7 Å². The summed E-state index contributed by atoms with van der Waals surface area (Å²) in [5.74, 6) is 0.637. The number of rotatable bonds is 4. The van der Waals surface area contributed by atoms with Crippen LogP contribution in [0.2, 0.25) is 0 Å². The van der Waals surface area contributed by atoms with Crippen LogP contribution in [0, 0.1) is 0 Å². The normalized spacial score (nSPS) is 16.1. The summed E-state index contributed by atoms with van der Waals surface area (Å²) in [5.41, 5.74) is -0.421. The number of halogens is 3. The number of carbonyl (C=O) groups is 1. The first-order valence-corrected chi connectivity index (χ1v) is 9.14. The minimum absolute atomic E-state index is 0.157. The number of nitrogens with zero attached hydrogens (tertiary/aromatic N) is 5. The van der Waals surface area contributed by atoms with Crippen LogP contribution < -0.4 is 10.1 Å². The first-order chi connectivity index (χ1) is 14.3. The summed E-state index contributed by atoms with van der Waals surface area (Å²) in [5, 5.41) is 7.24. The minimum Gasteiger partial charge on any atom is -0.481 e. The Balaban J connectivity index is 1.59. The fourth-order valence-electron chi connectivity index (χ4n) is 3.24. The SMILES string of the molecule is COc1cc(C(=O)NC2CCCn3nc(-c4ccnc(C(F)(F)F)c4)nc32)ccn1. The Kier molecular flexibility index (Phi) is 5.10. The molecule has 3 aromatic rings. The van der Waals surface area contributed by atoms with Crippen molar-refractivity contribution >= 4 is 5.91 Å². The summed E-state index contributed by atoms with van der Waals surface area (Å²) in [6.07, 6.45) is -0.635. The van der Waals surface area contributed by atoms with E-state index in [1.807, 2.05) is 0 Å². The number of alkyl halides is 3. The molecular formula is C19H17F3N6O2. The highest BCUT2D eigenvalue weighted by Gasteiger charge is 2.33. The van der Waals surface area contributed by atoms with E-state index in [4.69, 9.17) is 4.74 Å². The lowest BCUT2D eigenvalue weighted by Gasteiger charge is -2.23. The van der Waals surface area contributed by atoms with Crippen LogP contribution in [-0.2, 0) is 12.7 Å². The molecule has 0 bridgehead atoms. The molecule has 156 valence electrons. The number of hydrogen-bond donors (Lipinski definition) is 1. The van der Waals surface area contributed by atoms with Gasteiger partial charge in [0.1, 0.15) is 11.5 Å². The number of carbonyl (C=O) groups excluding carboxylic acids is 1. The molecule has 1 aliphatic rings. The highest BCUT2D eigenvalue weighted by molar-refractivity contribution is 5.94. The van der Waals surface area contributed by atoms with Gasteiger partial charge in [-0.2, -0.15) is 18.3 Å². The van der Waals surface area contributed by atoms with Gasteiger partial charge in [0.15, 0.2) is 5.82 Å². The zero-order valence-corrected chi connectivity index (χ0v) is 15.8. The van der Waals surface area contributed by atoms with E-state index in [0.717, 1.165) is 18.7 Å². The van der Waals surface area contributed by atoms with Crippen molar-refractivity contribution in [3.63, 3.8) is 0 Å². The van der Waals surface area contributed by atoms with Crippen molar-refractivity contribution in [3.8, 4) is 17.3 Å². The highest BCUT2D eigenvalue weighted by Crippen LogP contribution is 2.31. The number of amides is 1. The summed E-state index contributed by atoms with van der Waals surface area (Å²) >= 11 is 0. The Morgan fingerprint density at radius 1 is 1.23 bits per heavy atom. The summed E-state index contributed by atoms with van der Waals surface area (Å²) in [7, 11) is 1.46. The topological polar surface area (TPSA) is 94.8 Å². The number of aromatic nitrogens is 5. The molecule has 1 aliphatic heterocycles. The third kappa shape index (κ3) is 3.95. The number of ether oxygens (including phenoxy) is 1. The molecule has 3 aromatic heterocycles. The van der Waals surface area contributed by atoms with E-state index in [1.165, 1.54) is 25.4 Å². The molecule has 4 rings (SSSR count). The molecule has 1 atom stereocenters. The lowest BCUT2D eigenvalue weighted by molar-refractivity contribution is -0.141. The molecule has 0 spiro atoms. The van der Waals surface area contributed by atoms with Gasteiger partial charge < -0.3 is 10.1 Å². The van der Waals surface area contributed by atoms with Crippen molar-refractivity contribution in [1.29, 1.82) is 0 Å². The molecule has 1 amide bonds. The predicted molar refractivity (Wildman–Crippen MR) is 98.5 cm³/mol. The summed E-state index contributed by atoms with van der Waals surface area (Å²) in [6.45, 7) is 0.564. The van der Waals surface area contributed by atoms with Crippen LogP contribution in [0.5, 0.6) is 5.88 Å². The number of methoxy groups -OCH3 is 1. The van der Waals surface area contributed by atoms with Crippen molar-refractivity contribution in [2.24, 2.45) is 0 Å². The van der Waals surface area contributed by atoms with Gasteiger partial charge in [-0.25, -0.2) is 14.6 Å². The third-order valence-corrected chi connectivity index (χ3v) is 4.69. The van der Waals surface area contributed by atoms with E-state index in [2.05, 4.69) is 25.4 Å². The van der Waals surface area contributed by atoms with E-state index >= 15 is 0 Å². The molecule has 1 N–H and O–H groups in total. The average molecular weight is 418 g/mol. The van der Waals surface area contributed by atoms with Gasteiger partial charge in [0.05, 0.1) is 13.2 Å². The Labute approximate surface area is 169 Å². The lowest BCUT2D eigenvalue weighted by atomic mass is 10.1. The lowest BCUT2D eigenvalue weighted by Crippen LogP contribution is -2.33. The zero-order chi connectivity index (χ0) is 21.3. The second-order valence-corrected chi connectivity index (χ2v) is 6.70. The molecule has 1 unspecified atom stereocenters. The van der Waals surface area contributed by atoms with E-state index < -0.39 is 17.9 Å². The van der Waals surface area contributed by atoms with Crippen LogP contribution in [0.15, 0.2) is 36.7 Å². The summed E-state index contributed by atoms with van der Waals surface area (Å²) < 4.78 is 45.5. The van der Waals surface area contributed by atoms with Crippen molar-refractivity contribution in [1.82, 2.24) is 30.0 Å². The van der Waals surface area contributed by atoms with Crippen molar-refractivity contribution in [2.45, 2.75) is 31.6 Å². The largest absolute Gasteiger partial charge is 0.481 e. The first kappa shape index (κ1) is 19.8. The number of aryl methyl sites for hydroxylation is 1. The highest BCUT2D eigenvalue weighted by atomic mass is 19.4. The number of fused-ring (bicyclic) bond motifs is 1. The van der Waals surface area contributed by atoms with Gasteiger partial charge >= 0.3 is 6.18 Å². The van der Waals surface area contributed by atoms with Gasteiger partial charge in [-0.1, -0.05) is 0 Å². The maximum absolute atomic E-state index is 13.0. The smallest absolute Gasteiger partial charge is 0.433 e. The maximum Gasteiger partial charge on any atom is 0.433 e. The van der Waals surface area contributed by atoms with Gasteiger partial charge in [0, 0.05) is 36.1 Å². The molecule has 0 fully saturated rings. The van der Waals surface area contributed by atoms with E-state index in [-0.39, 0.29) is 17.3 Å². The zero-order valence-electron chi connectivity index (χ0n) is 15.8. The van der Waals surface area contributed by atoms with E-state index in [9.17, 15) is 18.0 Å². The summed E-state index contributed by atoms with van der Waals surface area (Å²) in [4.78, 5) is 24.4. The Morgan fingerprint density at radius 3 is 2.80 bits per heavy atom. The third-order valence-electron chi connectivity index (χ3n) is 4.69. The second-order valence-electron chi connectivity index (χ2n) is 6.70. The maximum atomic E-state index is 13.0. The molecule has 8 nitrogen and oxygen atoms in total. The van der Waals surface area contributed by atoms with Crippen molar-refractivity contribution in [3.05, 3.63) is 53.7 Å². The van der Waals surface area contributed by atoms with Crippen molar-refractivity contribution < 1.29 is 22.7 Å². The number of nitrogens with one attached hydrogen (secondary N) is 1. The quantitative estimate of drug-likeness (QED) is 0.700. The van der Waals surface area contributed by atoms with Gasteiger partial charge in [-0.05, 0) is 31.0 Å². The number of pyridine rings is 2. The van der Waals surface area contributed by atoms with Crippen LogP contribution in [0.25, 0.3) is 11.4 Å². The first-order valence-electron chi connectivity index (χ1n) is 9.14. The van der Waals surface area contributed by atoms with Crippen LogP contribution in [-0.4, -0.2) is 37.7 Å². The van der Waals surface area contributed by atoms with Gasteiger partial charge in [0.25, 0.3) is 5.91 Å². The molecular weight excluding hydrogens is 401 g/mol.